The molecule has 1 amide bonds. The third-order valence-electron chi connectivity index (χ3n) is 6.05. The zero-order valence-electron chi connectivity index (χ0n) is 17.9. The molecule has 2 heterocycles. The highest BCUT2D eigenvalue weighted by molar-refractivity contribution is 5.99. The van der Waals surface area contributed by atoms with Crippen LogP contribution in [0.1, 0.15) is 45.5 Å². The van der Waals surface area contributed by atoms with Crippen molar-refractivity contribution in [1.29, 1.82) is 0 Å². The highest BCUT2D eigenvalue weighted by atomic mass is 35.5. The summed E-state index contributed by atoms with van der Waals surface area (Å²) >= 11 is 0. The largest absolute Gasteiger partial charge is 0.478 e. The summed E-state index contributed by atoms with van der Waals surface area (Å²) in [6.45, 7) is 4.51. The number of halogens is 1. The van der Waals surface area contributed by atoms with Crippen LogP contribution in [0.15, 0.2) is 42.5 Å². The molecule has 0 unspecified atom stereocenters. The van der Waals surface area contributed by atoms with Crippen molar-refractivity contribution in [2.75, 3.05) is 42.9 Å². The van der Waals surface area contributed by atoms with Gasteiger partial charge in [0.25, 0.3) is 0 Å². The third kappa shape index (κ3) is 5.66. The minimum Gasteiger partial charge on any atom is -0.478 e. The first-order chi connectivity index (χ1) is 15.0. The molecule has 0 radical (unpaired) electrons. The van der Waals surface area contributed by atoms with Crippen molar-refractivity contribution < 1.29 is 19.5 Å². The first-order valence-electron chi connectivity index (χ1n) is 10.8. The van der Waals surface area contributed by atoms with E-state index < -0.39 is 5.97 Å². The molecule has 2 aliphatic rings. The number of nitrogens with one attached hydrogen (secondary N) is 1. The van der Waals surface area contributed by atoms with Crippen molar-refractivity contribution in [3.8, 4) is 0 Å². The Morgan fingerprint density at radius 2 is 1.62 bits per heavy atom. The first kappa shape index (κ1) is 23.8. The predicted molar refractivity (Wildman–Crippen MR) is 126 cm³/mol. The van der Waals surface area contributed by atoms with Crippen molar-refractivity contribution >= 4 is 41.4 Å². The van der Waals surface area contributed by atoms with Crippen LogP contribution in [0.3, 0.4) is 0 Å². The molecule has 2 aromatic carbocycles. The van der Waals surface area contributed by atoms with Crippen molar-refractivity contribution in [2.24, 2.45) is 0 Å². The summed E-state index contributed by atoms with van der Waals surface area (Å²) in [7, 11) is 0. The summed E-state index contributed by atoms with van der Waals surface area (Å²) < 4.78 is 0. The van der Waals surface area contributed by atoms with Crippen LogP contribution in [0.5, 0.6) is 0 Å². The number of nitrogens with zero attached hydrogens (tertiary/aromatic N) is 2. The standard InChI is InChI=1S/C24H27N3O4.ClH/c28-22(19-5-9-21-18(16-19)6-10-23(29)25-21)2-1-11-26-12-14-27(15-13-26)20-7-3-17(4-8-20)24(30)31;/h3-5,7-9,16H,1-2,6,10-15H2,(H,25,29)(H,30,31);1H. The van der Waals surface area contributed by atoms with Crippen LogP contribution >= 0.6 is 12.4 Å². The van der Waals surface area contributed by atoms with Gasteiger partial charge in [-0.05, 0) is 67.4 Å². The maximum Gasteiger partial charge on any atom is 0.335 e. The molecular formula is C24H28ClN3O4. The quantitative estimate of drug-likeness (QED) is 0.619. The summed E-state index contributed by atoms with van der Waals surface area (Å²) in [5, 5.41) is 11.9. The van der Waals surface area contributed by atoms with Crippen molar-refractivity contribution in [1.82, 2.24) is 4.90 Å². The molecule has 2 aliphatic heterocycles. The Kier molecular flexibility index (Phi) is 7.88. The van der Waals surface area contributed by atoms with E-state index in [0.29, 0.717) is 24.8 Å². The molecular weight excluding hydrogens is 430 g/mol. The molecule has 0 saturated carbocycles. The van der Waals surface area contributed by atoms with Gasteiger partial charge in [0.05, 0.1) is 5.56 Å². The molecule has 1 saturated heterocycles. The minimum atomic E-state index is -0.909. The van der Waals surface area contributed by atoms with Crippen LogP contribution in [0.25, 0.3) is 0 Å². The van der Waals surface area contributed by atoms with Gasteiger partial charge in [-0.3, -0.25) is 14.5 Å². The average molecular weight is 458 g/mol. The fraction of sp³-hybridized carbons (Fsp3) is 0.375. The number of carbonyl (C=O) groups excluding carboxylic acids is 2. The second-order valence-corrected chi connectivity index (χ2v) is 8.13. The van der Waals surface area contributed by atoms with Crippen LogP contribution in [0, 0.1) is 0 Å². The van der Waals surface area contributed by atoms with Gasteiger partial charge in [-0.15, -0.1) is 12.4 Å². The molecule has 4 rings (SSSR count). The summed E-state index contributed by atoms with van der Waals surface area (Å²) in [6, 6.07) is 12.6. The van der Waals surface area contributed by atoms with E-state index in [-0.39, 0.29) is 24.1 Å². The number of carboxylic acid groups (broad SMARTS) is 1. The van der Waals surface area contributed by atoms with E-state index in [1.54, 1.807) is 18.2 Å². The Labute approximate surface area is 193 Å². The fourth-order valence-corrected chi connectivity index (χ4v) is 4.21. The topological polar surface area (TPSA) is 90.0 Å². The number of anilines is 2. The normalized spacial score (nSPS) is 16.0. The number of fused-ring (bicyclic) bond motifs is 1. The van der Waals surface area contributed by atoms with E-state index in [1.807, 2.05) is 24.3 Å². The van der Waals surface area contributed by atoms with E-state index >= 15 is 0 Å². The molecule has 1 fully saturated rings. The zero-order chi connectivity index (χ0) is 21.8. The molecule has 170 valence electrons. The van der Waals surface area contributed by atoms with Crippen LogP contribution in [0.4, 0.5) is 11.4 Å². The van der Waals surface area contributed by atoms with Gasteiger partial charge in [-0.2, -0.15) is 0 Å². The molecule has 0 aliphatic carbocycles. The Hall–Kier alpha value is -2.90. The minimum absolute atomic E-state index is 0. The van der Waals surface area contributed by atoms with E-state index in [2.05, 4.69) is 15.1 Å². The lowest BCUT2D eigenvalue weighted by atomic mass is 9.97. The Bertz CT molecular complexity index is 985. The van der Waals surface area contributed by atoms with Gasteiger partial charge >= 0.3 is 5.97 Å². The molecule has 7 nitrogen and oxygen atoms in total. The van der Waals surface area contributed by atoms with Gasteiger partial charge in [0.2, 0.25) is 5.91 Å². The SMILES string of the molecule is Cl.O=C1CCc2cc(C(=O)CCCN3CCN(c4ccc(C(=O)O)cc4)CC3)ccc2N1. The summed E-state index contributed by atoms with van der Waals surface area (Å²) in [6.07, 6.45) is 2.49. The molecule has 2 aromatic rings. The van der Waals surface area contributed by atoms with Crippen molar-refractivity contribution in [2.45, 2.75) is 25.7 Å². The third-order valence-corrected chi connectivity index (χ3v) is 6.05. The van der Waals surface area contributed by atoms with E-state index in [1.165, 1.54) is 0 Å². The lowest BCUT2D eigenvalue weighted by Crippen LogP contribution is -2.46. The number of Topliss-reactive ketones (excluding diaryl/α,β-unsaturated/α-hetero) is 1. The van der Waals surface area contributed by atoms with Gasteiger partial charge in [0, 0.05) is 56.0 Å². The Morgan fingerprint density at radius 3 is 2.31 bits per heavy atom. The second kappa shape index (κ2) is 10.6. The number of amides is 1. The monoisotopic (exact) mass is 457 g/mol. The van der Waals surface area contributed by atoms with Crippen molar-refractivity contribution in [3.05, 3.63) is 59.2 Å². The Balaban J connectivity index is 0.00000289. The first-order valence-corrected chi connectivity index (χ1v) is 10.8. The maximum absolute atomic E-state index is 12.6. The second-order valence-electron chi connectivity index (χ2n) is 8.13. The van der Waals surface area contributed by atoms with Crippen LogP contribution in [-0.4, -0.2) is 60.4 Å². The zero-order valence-corrected chi connectivity index (χ0v) is 18.7. The highest BCUT2D eigenvalue weighted by Crippen LogP contribution is 2.24. The van der Waals surface area contributed by atoms with E-state index in [0.717, 1.165) is 61.6 Å². The molecule has 0 bridgehead atoms. The number of piperazine rings is 1. The summed E-state index contributed by atoms with van der Waals surface area (Å²) in [5.74, 6) is -0.728. The van der Waals surface area contributed by atoms with Gasteiger partial charge in [-0.1, -0.05) is 0 Å². The fourth-order valence-electron chi connectivity index (χ4n) is 4.21. The number of hydrogen-bond acceptors (Lipinski definition) is 5. The van der Waals surface area contributed by atoms with E-state index in [4.69, 9.17) is 5.11 Å². The van der Waals surface area contributed by atoms with Crippen molar-refractivity contribution in [3.63, 3.8) is 0 Å². The summed E-state index contributed by atoms with van der Waals surface area (Å²) in [5.41, 5.74) is 3.94. The van der Waals surface area contributed by atoms with Gasteiger partial charge in [-0.25, -0.2) is 4.79 Å². The average Bonchev–Trinajstić information content (AvgIpc) is 2.79. The van der Waals surface area contributed by atoms with Crippen LogP contribution < -0.4 is 10.2 Å². The number of rotatable bonds is 7. The molecule has 2 N–H and O–H groups in total. The van der Waals surface area contributed by atoms with Gasteiger partial charge in [0.15, 0.2) is 5.78 Å². The maximum atomic E-state index is 12.6. The molecule has 8 heteroatoms. The lowest BCUT2D eigenvalue weighted by Gasteiger charge is -2.36. The number of carboxylic acids is 1. The lowest BCUT2D eigenvalue weighted by molar-refractivity contribution is -0.116. The number of ketones is 1. The number of hydrogen-bond donors (Lipinski definition) is 2. The highest BCUT2D eigenvalue weighted by Gasteiger charge is 2.19. The smallest absolute Gasteiger partial charge is 0.335 e. The number of benzene rings is 2. The predicted octanol–water partition coefficient (Wildman–Crippen LogP) is 3.48. The van der Waals surface area contributed by atoms with E-state index in [9.17, 15) is 14.4 Å². The molecule has 32 heavy (non-hydrogen) atoms. The Morgan fingerprint density at radius 1 is 0.938 bits per heavy atom. The summed E-state index contributed by atoms with van der Waals surface area (Å²) in [4.78, 5) is 39.7. The van der Waals surface area contributed by atoms with Crippen LogP contribution in [0.2, 0.25) is 0 Å². The number of aryl methyl sites for hydroxylation is 1. The van der Waals surface area contributed by atoms with Gasteiger partial charge < -0.3 is 15.3 Å². The number of carbonyl (C=O) groups is 3. The number of aromatic carboxylic acids is 1. The van der Waals surface area contributed by atoms with Crippen LogP contribution in [-0.2, 0) is 11.2 Å². The molecule has 0 spiro atoms. The van der Waals surface area contributed by atoms with Gasteiger partial charge in [0.1, 0.15) is 0 Å². The molecule has 0 aromatic heterocycles. The molecule has 0 atom stereocenters.